The average Bonchev–Trinajstić information content (AvgIpc) is 3.19. The van der Waals surface area contributed by atoms with Gasteiger partial charge in [0.1, 0.15) is 0 Å². The lowest BCUT2D eigenvalue weighted by molar-refractivity contribution is 1.65. The highest BCUT2D eigenvalue weighted by atomic mass is 14.2. The van der Waals surface area contributed by atoms with Crippen LogP contribution in [0.1, 0.15) is 0 Å². The topological polar surface area (TPSA) is 0 Å². The van der Waals surface area contributed by atoms with E-state index in [0.717, 1.165) is 0 Å². The summed E-state index contributed by atoms with van der Waals surface area (Å²) in [6.07, 6.45) is 0. The van der Waals surface area contributed by atoms with Crippen molar-refractivity contribution >= 4 is 53.9 Å². The van der Waals surface area contributed by atoms with Crippen LogP contribution in [0, 0.1) is 0 Å². The van der Waals surface area contributed by atoms with Crippen molar-refractivity contribution in [1.82, 2.24) is 0 Å². The molecule has 0 saturated heterocycles. The third-order valence-corrected chi connectivity index (χ3v) is 10.4. The quantitative estimate of drug-likeness (QED) is 0.169. The summed E-state index contributed by atoms with van der Waals surface area (Å²) in [5.74, 6) is 0. The van der Waals surface area contributed by atoms with E-state index in [2.05, 4.69) is 194 Å². The predicted molar refractivity (Wildman–Crippen MR) is 216 cm³/mol. The van der Waals surface area contributed by atoms with Crippen molar-refractivity contribution in [2.24, 2.45) is 0 Å². The minimum absolute atomic E-state index is 1.22. The molecule has 10 aromatic rings. The van der Waals surface area contributed by atoms with Gasteiger partial charge in [-0.15, -0.1) is 0 Å². The molecule has 0 saturated carbocycles. The highest BCUT2D eigenvalue weighted by Gasteiger charge is 2.21. The number of benzene rings is 10. The van der Waals surface area contributed by atoms with Crippen LogP contribution in [0.25, 0.3) is 98.4 Å². The highest BCUT2D eigenvalue weighted by molar-refractivity contribution is 6.26. The van der Waals surface area contributed by atoms with Crippen LogP contribution in [-0.4, -0.2) is 0 Å². The van der Waals surface area contributed by atoms with E-state index in [1.54, 1.807) is 0 Å². The summed E-state index contributed by atoms with van der Waals surface area (Å²) in [6.45, 7) is 0. The lowest BCUT2D eigenvalue weighted by Crippen LogP contribution is -1.94. The van der Waals surface area contributed by atoms with Crippen molar-refractivity contribution < 1.29 is 0 Å². The first-order chi connectivity index (χ1) is 24.8. The number of rotatable bonds is 4. The minimum atomic E-state index is 1.22. The molecule has 0 N–H and O–H groups in total. The van der Waals surface area contributed by atoms with Crippen LogP contribution < -0.4 is 0 Å². The monoisotopic (exact) mass is 632 g/mol. The van der Waals surface area contributed by atoms with Crippen LogP contribution in [0.3, 0.4) is 0 Å². The normalized spacial score (nSPS) is 11.6. The number of hydrogen-bond donors (Lipinski definition) is 0. The van der Waals surface area contributed by atoms with Crippen molar-refractivity contribution in [2.75, 3.05) is 0 Å². The molecule has 0 aliphatic heterocycles. The summed E-state index contributed by atoms with van der Waals surface area (Å²) in [4.78, 5) is 0. The summed E-state index contributed by atoms with van der Waals surface area (Å²) >= 11 is 0. The van der Waals surface area contributed by atoms with E-state index in [0.29, 0.717) is 0 Å². The smallest absolute Gasteiger partial charge is 0.00201 e. The second kappa shape index (κ2) is 11.6. The molecule has 0 aliphatic carbocycles. The molecule has 0 heterocycles. The molecular formula is C50H32. The Balaban J connectivity index is 1.37. The van der Waals surface area contributed by atoms with Crippen LogP contribution in [0.4, 0.5) is 0 Å². The summed E-state index contributed by atoms with van der Waals surface area (Å²) in [5.41, 5.74) is 10.1. The third-order valence-electron chi connectivity index (χ3n) is 10.4. The van der Waals surface area contributed by atoms with Crippen LogP contribution >= 0.6 is 0 Å². The zero-order valence-corrected chi connectivity index (χ0v) is 27.5. The van der Waals surface area contributed by atoms with Gasteiger partial charge >= 0.3 is 0 Å². The van der Waals surface area contributed by atoms with Gasteiger partial charge in [0.15, 0.2) is 0 Å². The standard InChI is InChI=1S/C50H32/c1-3-17-34(18-4-1)47-39-23-9-11-25-41(39)49(42-26-12-10-24-40(42)47)36-30-31-45-46(32-36)48(35-19-5-2-6-20-35)43-27-13-14-28-44(43)50(45)38-29-15-21-33-16-7-8-22-37(33)38/h1-32H. The SMILES string of the molecule is c1ccc(-c2c3ccccc3c(-c3ccc4c(-c5cccc6ccccc56)c5ccccc5c(-c5ccccc5)c4c3)c3ccccc23)cc1. The zero-order valence-electron chi connectivity index (χ0n) is 27.5. The van der Waals surface area contributed by atoms with Crippen LogP contribution in [-0.2, 0) is 0 Å². The van der Waals surface area contributed by atoms with Crippen LogP contribution in [0.15, 0.2) is 194 Å². The predicted octanol–water partition coefficient (Wildman–Crippen LogP) is 14.1. The van der Waals surface area contributed by atoms with Gasteiger partial charge in [-0.25, -0.2) is 0 Å². The fourth-order valence-electron chi connectivity index (χ4n) is 8.34. The molecule has 0 fully saturated rings. The molecule has 0 unspecified atom stereocenters. The Morgan fingerprint density at radius 2 is 0.580 bits per heavy atom. The van der Waals surface area contributed by atoms with Gasteiger partial charge in [-0.2, -0.15) is 0 Å². The lowest BCUT2D eigenvalue weighted by atomic mass is 9.82. The maximum atomic E-state index is 2.47. The van der Waals surface area contributed by atoms with Crippen molar-refractivity contribution in [2.45, 2.75) is 0 Å². The molecule has 10 aromatic carbocycles. The Morgan fingerprint density at radius 1 is 0.200 bits per heavy atom. The summed E-state index contributed by atoms with van der Waals surface area (Å²) < 4.78 is 0. The fraction of sp³-hybridized carbons (Fsp3) is 0. The second-order valence-electron chi connectivity index (χ2n) is 13.2. The molecule has 50 heavy (non-hydrogen) atoms. The molecular weight excluding hydrogens is 601 g/mol. The molecule has 232 valence electrons. The van der Waals surface area contributed by atoms with Gasteiger partial charge < -0.3 is 0 Å². The molecule has 0 radical (unpaired) electrons. The van der Waals surface area contributed by atoms with Gasteiger partial charge in [0.2, 0.25) is 0 Å². The van der Waals surface area contributed by atoms with E-state index in [9.17, 15) is 0 Å². The first-order valence-electron chi connectivity index (χ1n) is 17.4. The summed E-state index contributed by atoms with van der Waals surface area (Å²) in [7, 11) is 0. The van der Waals surface area contributed by atoms with Gasteiger partial charge in [-0.1, -0.05) is 188 Å². The Labute approximate surface area is 291 Å². The highest BCUT2D eigenvalue weighted by Crippen LogP contribution is 2.48. The summed E-state index contributed by atoms with van der Waals surface area (Å²) in [5, 5.41) is 12.6. The van der Waals surface area contributed by atoms with Gasteiger partial charge in [-0.05, 0) is 104 Å². The van der Waals surface area contributed by atoms with E-state index in [1.807, 2.05) is 0 Å². The molecule has 0 nitrogen and oxygen atoms in total. The largest absolute Gasteiger partial charge is 0.0622 e. The Morgan fingerprint density at radius 3 is 1.12 bits per heavy atom. The van der Waals surface area contributed by atoms with Gasteiger partial charge in [0.25, 0.3) is 0 Å². The minimum Gasteiger partial charge on any atom is -0.0622 e. The zero-order chi connectivity index (χ0) is 33.0. The molecule has 0 atom stereocenters. The maximum absolute atomic E-state index is 2.47. The summed E-state index contributed by atoms with van der Waals surface area (Å²) in [6, 6.07) is 71.3. The molecule has 0 bridgehead atoms. The Hall–Kier alpha value is -6.50. The Bertz CT molecular complexity index is 2840. The molecule has 0 aromatic heterocycles. The van der Waals surface area contributed by atoms with E-state index >= 15 is 0 Å². The second-order valence-corrected chi connectivity index (χ2v) is 13.2. The maximum Gasteiger partial charge on any atom is -0.00201 e. The number of hydrogen-bond acceptors (Lipinski definition) is 0. The molecule has 10 rings (SSSR count). The average molecular weight is 633 g/mol. The van der Waals surface area contributed by atoms with E-state index < -0.39 is 0 Å². The third kappa shape index (κ3) is 4.39. The molecule has 0 amide bonds. The molecule has 0 aliphatic rings. The Kier molecular flexibility index (Phi) is 6.60. The van der Waals surface area contributed by atoms with Crippen LogP contribution in [0.5, 0.6) is 0 Å². The molecule has 0 heteroatoms. The fourth-order valence-corrected chi connectivity index (χ4v) is 8.34. The first kappa shape index (κ1) is 28.5. The van der Waals surface area contributed by atoms with E-state index in [1.165, 1.54) is 98.4 Å². The first-order valence-corrected chi connectivity index (χ1v) is 17.4. The van der Waals surface area contributed by atoms with Gasteiger partial charge in [0.05, 0.1) is 0 Å². The van der Waals surface area contributed by atoms with Gasteiger partial charge in [0, 0.05) is 0 Å². The van der Waals surface area contributed by atoms with Crippen molar-refractivity contribution in [3.8, 4) is 44.5 Å². The molecule has 0 spiro atoms. The number of fused-ring (bicyclic) bond motifs is 5. The van der Waals surface area contributed by atoms with Crippen molar-refractivity contribution in [1.29, 1.82) is 0 Å². The van der Waals surface area contributed by atoms with Crippen molar-refractivity contribution in [3.63, 3.8) is 0 Å². The van der Waals surface area contributed by atoms with Gasteiger partial charge in [-0.3, -0.25) is 0 Å². The lowest BCUT2D eigenvalue weighted by Gasteiger charge is -2.21. The van der Waals surface area contributed by atoms with E-state index in [4.69, 9.17) is 0 Å². The van der Waals surface area contributed by atoms with Crippen molar-refractivity contribution in [3.05, 3.63) is 194 Å². The van der Waals surface area contributed by atoms with E-state index in [-0.39, 0.29) is 0 Å². The van der Waals surface area contributed by atoms with Crippen LogP contribution in [0.2, 0.25) is 0 Å².